The summed E-state index contributed by atoms with van der Waals surface area (Å²) in [7, 11) is 2.17. The van der Waals surface area contributed by atoms with Gasteiger partial charge in [-0.3, -0.25) is 4.90 Å². The van der Waals surface area contributed by atoms with Crippen molar-refractivity contribution in [1.29, 1.82) is 0 Å². The predicted octanol–water partition coefficient (Wildman–Crippen LogP) is 2.04. The number of hydrogen-bond acceptors (Lipinski definition) is 2. The Bertz CT molecular complexity index is 446. The Balaban J connectivity index is 2.24. The molecule has 0 aromatic heterocycles. The van der Waals surface area contributed by atoms with Gasteiger partial charge in [-0.25, -0.2) is 0 Å². The zero-order chi connectivity index (χ0) is 10.4. The summed E-state index contributed by atoms with van der Waals surface area (Å²) in [5, 5.41) is 0. The van der Waals surface area contributed by atoms with Gasteiger partial charge in [0, 0.05) is 18.8 Å². The first-order valence-corrected chi connectivity index (χ1v) is 5.53. The van der Waals surface area contributed by atoms with Crippen LogP contribution in [0.4, 0.5) is 5.69 Å². The average molecular weight is 200 g/mol. The third kappa shape index (κ3) is 1.37. The van der Waals surface area contributed by atoms with Crippen molar-refractivity contribution < 1.29 is 0 Å². The number of likely N-dealkylation sites (N-methyl/N-ethyl adjacent to an activating group) is 1. The van der Waals surface area contributed by atoms with E-state index in [2.05, 4.69) is 30.2 Å². The molecule has 0 fully saturated rings. The van der Waals surface area contributed by atoms with Crippen LogP contribution in [0.5, 0.6) is 0 Å². The Morgan fingerprint density at radius 3 is 2.87 bits per heavy atom. The molecular formula is C13H16N2. The highest BCUT2D eigenvalue weighted by Crippen LogP contribution is 2.35. The molecule has 1 aromatic rings. The van der Waals surface area contributed by atoms with E-state index in [1.54, 1.807) is 0 Å². The van der Waals surface area contributed by atoms with Crippen molar-refractivity contribution in [2.24, 2.45) is 0 Å². The number of benzene rings is 1. The quantitative estimate of drug-likeness (QED) is 0.649. The fourth-order valence-corrected chi connectivity index (χ4v) is 2.81. The van der Waals surface area contributed by atoms with Gasteiger partial charge < -0.3 is 5.73 Å². The second-order valence-corrected chi connectivity index (χ2v) is 4.65. The first-order chi connectivity index (χ1) is 7.24. The summed E-state index contributed by atoms with van der Waals surface area (Å²) in [4.78, 5) is 2.35. The second kappa shape index (κ2) is 3.11. The lowest BCUT2D eigenvalue weighted by atomic mass is 9.84. The van der Waals surface area contributed by atoms with Crippen LogP contribution in [0.1, 0.15) is 23.1 Å². The monoisotopic (exact) mass is 200 g/mol. The van der Waals surface area contributed by atoms with Crippen molar-refractivity contribution in [1.82, 2.24) is 4.90 Å². The molecule has 2 N–H and O–H groups in total. The van der Waals surface area contributed by atoms with Crippen LogP contribution < -0.4 is 5.73 Å². The largest absolute Gasteiger partial charge is 0.399 e. The molecule has 1 aromatic carbocycles. The van der Waals surface area contributed by atoms with Crippen LogP contribution in [-0.2, 0) is 13.0 Å². The van der Waals surface area contributed by atoms with Crippen LogP contribution in [0.2, 0.25) is 0 Å². The Hall–Kier alpha value is -1.28. The van der Waals surface area contributed by atoms with Gasteiger partial charge in [0.05, 0.1) is 0 Å². The van der Waals surface area contributed by atoms with Gasteiger partial charge in [0.2, 0.25) is 0 Å². The number of anilines is 1. The van der Waals surface area contributed by atoms with Gasteiger partial charge >= 0.3 is 0 Å². The zero-order valence-corrected chi connectivity index (χ0v) is 9.09. The minimum Gasteiger partial charge on any atom is -0.399 e. The summed E-state index contributed by atoms with van der Waals surface area (Å²) < 4.78 is 0. The highest BCUT2D eigenvalue weighted by atomic mass is 15.1. The molecule has 0 spiro atoms. The molecule has 0 saturated heterocycles. The molecule has 0 saturated carbocycles. The van der Waals surface area contributed by atoms with Gasteiger partial charge in [0.1, 0.15) is 0 Å². The molecule has 1 aliphatic heterocycles. The van der Waals surface area contributed by atoms with Gasteiger partial charge in [-0.15, -0.1) is 0 Å². The maximum atomic E-state index is 5.94. The number of nitrogen functional groups attached to an aromatic ring is 1. The van der Waals surface area contributed by atoms with E-state index in [-0.39, 0.29) is 0 Å². The van der Waals surface area contributed by atoms with Crippen LogP contribution in [-0.4, -0.2) is 18.5 Å². The van der Waals surface area contributed by atoms with Crippen LogP contribution in [0.15, 0.2) is 18.2 Å². The van der Waals surface area contributed by atoms with E-state index < -0.39 is 0 Å². The molecule has 1 heterocycles. The molecule has 0 atom stereocenters. The molecule has 1 aliphatic carbocycles. The van der Waals surface area contributed by atoms with Gasteiger partial charge in [0.15, 0.2) is 0 Å². The predicted molar refractivity (Wildman–Crippen MR) is 63.5 cm³/mol. The third-order valence-corrected chi connectivity index (χ3v) is 3.33. The van der Waals surface area contributed by atoms with Crippen molar-refractivity contribution in [3.05, 3.63) is 34.9 Å². The normalized spacial score (nSPS) is 19.7. The summed E-state index contributed by atoms with van der Waals surface area (Å²) >= 11 is 0. The molecule has 2 heteroatoms. The summed E-state index contributed by atoms with van der Waals surface area (Å²) in [6, 6.07) is 4.28. The van der Waals surface area contributed by atoms with Crippen molar-refractivity contribution in [2.75, 3.05) is 19.3 Å². The van der Waals surface area contributed by atoms with E-state index >= 15 is 0 Å². The number of rotatable bonds is 0. The first-order valence-electron chi connectivity index (χ1n) is 5.53. The highest BCUT2D eigenvalue weighted by Gasteiger charge is 2.23. The van der Waals surface area contributed by atoms with Crippen molar-refractivity contribution in [3.8, 4) is 0 Å². The highest BCUT2D eigenvalue weighted by molar-refractivity contribution is 5.77. The van der Waals surface area contributed by atoms with E-state index in [1.807, 2.05) is 0 Å². The summed E-state index contributed by atoms with van der Waals surface area (Å²) in [6.07, 6.45) is 4.71. The number of aryl methyl sites for hydroxylation is 1. The second-order valence-electron chi connectivity index (χ2n) is 4.65. The van der Waals surface area contributed by atoms with Crippen LogP contribution in [0.25, 0.3) is 5.57 Å². The van der Waals surface area contributed by atoms with Gasteiger partial charge in [0.25, 0.3) is 0 Å². The minimum atomic E-state index is 0.917. The van der Waals surface area contributed by atoms with E-state index in [1.165, 1.54) is 28.7 Å². The number of nitrogens with zero attached hydrogens (tertiary/aromatic N) is 1. The lowest BCUT2D eigenvalue weighted by molar-refractivity contribution is 0.358. The number of nitrogens with two attached hydrogens (primary N) is 1. The topological polar surface area (TPSA) is 29.3 Å². The molecule has 0 amide bonds. The van der Waals surface area contributed by atoms with Crippen molar-refractivity contribution >= 4 is 11.3 Å². The smallest absolute Gasteiger partial charge is 0.0320 e. The maximum absolute atomic E-state index is 5.94. The molecule has 78 valence electrons. The SMILES string of the molecule is CN1CC2=CCCc3cc(N)cc(c32)C1. The van der Waals surface area contributed by atoms with E-state index in [9.17, 15) is 0 Å². The zero-order valence-electron chi connectivity index (χ0n) is 9.09. The Labute approximate surface area is 90.4 Å². The molecule has 0 bridgehead atoms. The van der Waals surface area contributed by atoms with Gasteiger partial charge in [-0.05, 0) is 54.3 Å². The van der Waals surface area contributed by atoms with Crippen LogP contribution in [0, 0.1) is 0 Å². The van der Waals surface area contributed by atoms with E-state index in [0.717, 1.165) is 25.2 Å². The fourth-order valence-electron chi connectivity index (χ4n) is 2.81. The molecule has 2 aliphatic rings. The van der Waals surface area contributed by atoms with E-state index in [0.29, 0.717) is 0 Å². The van der Waals surface area contributed by atoms with Crippen molar-refractivity contribution in [3.63, 3.8) is 0 Å². The lowest BCUT2D eigenvalue weighted by Crippen LogP contribution is -2.27. The molecule has 0 unspecified atom stereocenters. The van der Waals surface area contributed by atoms with Gasteiger partial charge in [-0.1, -0.05) is 6.08 Å². The van der Waals surface area contributed by atoms with E-state index in [4.69, 9.17) is 5.73 Å². The maximum Gasteiger partial charge on any atom is 0.0320 e. The molecule has 3 rings (SSSR count). The van der Waals surface area contributed by atoms with Crippen LogP contribution >= 0.6 is 0 Å². The molecular weight excluding hydrogens is 184 g/mol. The van der Waals surface area contributed by atoms with Gasteiger partial charge in [-0.2, -0.15) is 0 Å². The standard InChI is InChI=1S/C13H16N2/c1-15-7-10-4-2-3-9-5-12(14)6-11(8-15)13(9)10/h4-6H,2-3,7-8,14H2,1H3. The van der Waals surface area contributed by atoms with Crippen molar-refractivity contribution in [2.45, 2.75) is 19.4 Å². The Morgan fingerprint density at radius 1 is 1.20 bits per heavy atom. The lowest BCUT2D eigenvalue weighted by Gasteiger charge is -2.31. The Morgan fingerprint density at radius 2 is 2.00 bits per heavy atom. The minimum absolute atomic E-state index is 0.917. The average Bonchev–Trinajstić information content (AvgIpc) is 2.16. The molecule has 2 nitrogen and oxygen atoms in total. The molecule has 15 heavy (non-hydrogen) atoms. The number of hydrogen-bond donors (Lipinski definition) is 1. The number of allylic oxidation sites excluding steroid dienone is 1. The van der Waals surface area contributed by atoms with Crippen LogP contribution in [0.3, 0.4) is 0 Å². The Kier molecular flexibility index (Phi) is 1.86. The summed E-state index contributed by atoms with van der Waals surface area (Å²) in [5.41, 5.74) is 12.7. The summed E-state index contributed by atoms with van der Waals surface area (Å²) in [5.74, 6) is 0. The fraction of sp³-hybridized carbons (Fsp3) is 0.385. The molecule has 0 radical (unpaired) electrons. The first kappa shape index (κ1) is 8.98. The summed E-state index contributed by atoms with van der Waals surface area (Å²) in [6.45, 7) is 2.12. The third-order valence-electron chi connectivity index (χ3n) is 3.33.